The van der Waals surface area contributed by atoms with Gasteiger partial charge in [0.05, 0.1) is 6.54 Å². The summed E-state index contributed by atoms with van der Waals surface area (Å²) >= 11 is 5.50. The van der Waals surface area contributed by atoms with Gasteiger partial charge in [0.2, 0.25) is 17.1 Å². The first-order valence-corrected chi connectivity index (χ1v) is 6.32. The number of piperazine rings is 1. The molecule has 0 spiro atoms. The Bertz CT molecular complexity index is 593. The van der Waals surface area contributed by atoms with Crippen molar-refractivity contribution < 1.29 is 22.8 Å². The molecule has 1 N–H and O–H groups in total. The van der Waals surface area contributed by atoms with Crippen LogP contribution in [0.1, 0.15) is 19.0 Å². The molecule has 0 radical (unpaired) electrons. The smallest absolute Gasteiger partial charge is 0.335 e. The van der Waals surface area contributed by atoms with Crippen LogP contribution < -0.4 is 10.2 Å². The normalized spacial score (nSPS) is 19.7. The molecular formula is C11H10ClF3N4O2. The number of hydrogen-bond acceptors (Lipinski definition) is 5. The second kappa shape index (κ2) is 5.47. The third-order valence-electron chi connectivity index (χ3n) is 2.91. The maximum absolute atomic E-state index is 12.7. The van der Waals surface area contributed by atoms with Crippen molar-refractivity contribution in [3.05, 3.63) is 17.0 Å². The first-order valence-electron chi connectivity index (χ1n) is 5.94. The number of nitrogens with zero attached hydrogens (tertiary/aromatic N) is 3. The Morgan fingerprint density at radius 3 is 2.67 bits per heavy atom. The number of amides is 2. The summed E-state index contributed by atoms with van der Waals surface area (Å²) in [7, 11) is 0. The molecule has 1 aromatic rings. The summed E-state index contributed by atoms with van der Waals surface area (Å²) in [5.74, 6) is -1.41. The highest BCUT2D eigenvalue weighted by atomic mass is 35.5. The van der Waals surface area contributed by atoms with Gasteiger partial charge in [0.15, 0.2) is 5.69 Å². The number of imide groups is 1. The van der Waals surface area contributed by atoms with E-state index in [2.05, 4.69) is 15.3 Å². The summed E-state index contributed by atoms with van der Waals surface area (Å²) in [6.07, 6.45) is -4.41. The van der Waals surface area contributed by atoms with E-state index in [0.29, 0.717) is 12.5 Å². The van der Waals surface area contributed by atoms with Crippen LogP contribution in [0.4, 0.5) is 19.0 Å². The minimum atomic E-state index is -4.70. The first-order chi connectivity index (χ1) is 9.72. The lowest BCUT2D eigenvalue weighted by molar-refractivity contribution is -0.141. The summed E-state index contributed by atoms with van der Waals surface area (Å²) in [6.45, 7) is 1.38. The summed E-state index contributed by atoms with van der Waals surface area (Å²) in [5, 5.41) is 1.52. The lowest BCUT2D eigenvalue weighted by Crippen LogP contribution is -2.58. The average molecular weight is 323 g/mol. The van der Waals surface area contributed by atoms with Gasteiger partial charge in [-0.3, -0.25) is 14.9 Å². The Morgan fingerprint density at radius 1 is 1.43 bits per heavy atom. The number of alkyl halides is 3. The van der Waals surface area contributed by atoms with Crippen molar-refractivity contribution in [2.24, 2.45) is 0 Å². The molecule has 114 valence electrons. The van der Waals surface area contributed by atoms with Gasteiger partial charge in [0.1, 0.15) is 11.9 Å². The van der Waals surface area contributed by atoms with Gasteiger partial charge in [-0.05, 0) is 18.0 Å². The second-order valence-corrected chi connectivity index (χ2v) is 4.68. The molecular weight excluding hydrogens is 313 g/mol. The van der Waals surface area contributed by atoms with Crippen LogP contribution in [-0.2, 0) is 15.8 Å². The summed E-state index contributed by atoms with van der Waals surface area (Å²) in [5.41, 5.74) is -1.23. The van der Waals surface area contributed by atoms with Gasteiger partial charge in [0.25, 0.3) is 0 Å². The van der Waals surface area contributed by atoms with E-state index >= 15 is 0 Å². The molecule has 6 nitrogen and oxygen atoms in total. The number of halogens is 4. The molecule has 2 heterocycles. The fourth-order valence-corrected chi connectivity index (χ4v) is 2.19. The maximum atomic E-state index is 12.7. The van der Waals surface area contributed by atoms with Crippen molar-refractivity contribution in [1.29, 1.82) is 0 Å². The number of carbonyl (C=O) groups is 2. The zero-order valence-electron chi connectivity index (χ0n) is 10.7. The number of anilines is 1. The number of hydrogen-bond donors (Lipinski definition) is 1. The maximum Gasteiger partial charge on any atom is 0.433 e. The summed E-state index contributed by atoms with van der Waals surface area (Å²) in [4.78, 5) is 31.1. The number of nitrogens with one attached hydrogen (secondary N) is 1. The van der Waals surface area contributed by atoms with E-state index in [1.54, 1.807) is 6.92 Å². The molecule has 1 aromatic heterocycles. The van der Waals surface area contributed by atoms with Crippen LogP contribution in [-0.4, -0.2) is 34.4 Å². The Balaban J connectivity index is 2.46. The number of rotatable bonds is 2. The second-order valence-electron chi connectivity index (χ2n) is 4.34. The van der Waals surface area contributed by atoms with Gasteiger partial charge in [-0.1, -0.05) is 6.92 Å². The van der Waals surface area contributed by atoms with Crippen molar-refractivity contribution in [2.75, 3.05) is 11.4 Å². The summed E-state index contributed by atoms with van der Waals surface area (Å²) in [6, 6.07) is -0.129. The summed E-state index contributed by atoms with van der Waals surface area (Å²) < 4.78 is 38.2. The van der Waals surface area contributed by atoms with E-state index < -0.39 is 35.0 Å². The molecule has 0 aromatic carbocycles. The highest BCUT2D eigenvalue weighted by Crippen LogP contribution is 2.31. The van der Waals surface area contributed by atoms with Crippen LogP contribution in [0.2, 0.25) is 5.28 Å². The topological polar surface area (TPSA) is 75.2 Å². The van der Waals surface area contributed by atoms with E-state index in [-0.39, 0.29) is 12.4 Å². The molecule has 1 saturated heterocycles. The zero-order valence-corrected chi connectivity index (χ0v) is 11.5. The van der Waals surface area contributed by atoms with Gasteiger partial charge < -0.3 is 4.90 Å². The van der Waals surface area contributed by atoms with Crippen LogP contribution in [0.3, 0.4) is 0 Å². The molecule has 1 aliphatic rings. The van der Waals surface area contributed by atoms with Crippen LogP contribution in [0, 0.1) is 0 Å². The molecule has 0 saturated carbocycles. The third kappa shape index (κ3) is 3.23. The fraction of sp³-hybridized carbons (Fsp3) is 0.455. The molecule has 21 heavy (non-hydrogen) atoms. The minimum Gasteiger partial charge on any atom is -0.335 e. The average Bonchev–Trinajstić information content (AvgIpc) is 2.36. The lowest BCUT2D eigenvalue weighted by Gasteiger charge is -2.34. The monoisotopic (exact) mass is 322 g/mol. The fourth-order valence-electron chi connectivity index (χ4n) is 2.01. The van der Waals surface area contributed by atoms with Gasteiger partial charge >= 0.3 is 6.18 Å². The molecule has 0 bridgehead atoms. The van der Waals surface area contributed by atoms with Crippen molar-refractivity contribution >= 4 is 29.2 Å². The van der Waals surface area contributed by atoms with Crippen LogP contribution in [0.15, 0.2) is 6.07 Å². The SMILES string of the molecule is CCC1C(=O)NC(=O)CN1c1cc(C(F)(F)F)nc(Cl)n1. The quantitative estimate of drug-likeness (QED) is 0.658. The van der Waals surface area contributed by atoms with Gasteiger partial charge in [-0.2, -0.15) is 13.2 Å². The molecule has 2 rings (SSSR count). The van der Waals surface area contributed by atoms with Gasteiger partial charge in [-0.15, -0.1) is 0 Å². The molecule has 1 atom stereocenters. The van der Waals surface area contributed by atoms with Crippen LogP contribution in [0.5, 0.6) is 0 Å². The zero-order chi connectivity index (χ0) is 15.8. The van der Waals surface area contributed by atoms with Crippen molar-refractivity contribution in [3.63, 3.8) is 0 Å². The number of aromatic nitrogens is 2. The van der Waals surface area contributed by atoms with E-state index in [4.69, 9.17) is 11.6 Å². The molecule has 1 aliphatic heterocycles. The molecule has 1 fully saturated rings. The Morgan fingerprint density at radius 2 is 2.10 bits per heavy atom. The Labute approximate surface area is 122 Å². The van der Waals surface area contributed by atoms with Crippen molar-refractivity contribution in [1.82, 2.24) is 15.3 Å². The molecule has 2 amide bonds. The Hall–Kier alpha value is -1.90. The van der Waals surface area contributed by atoms with Crippen LogP contribution >= 0.6 is 11.6 Å². The van der Waals surface area contributed by atoms with Crippen molar-refractivity contribution in [3.8, 4) is 0 Å². The van der Waals surface area contributed by atoms with Gasteiger partial charge in [0, 0.05) is 6.07 Å². The van der Waals surface area contributed by atoms with E-state index in [1.165, 1.54) is 4.90 Å². The third-order valence-corrected chi connectivity index (χ3v) is 3.08. The molecule has 10 heteroatoms. The van der Waals surface area contributed by atoms with E-state index in [9.17, 15) is 22.8 Å². The highest BCUT2D eigenvalue weighted by Gasteiger charge is 2.37. The lowest BCUT2D eigenvalue weighted by atomic mass is 10.1. The highest BCUT2D eigenvalue weighted by molar-refractivity contribution is 6.28. The molecule has 0 aliphatic carbocycles. The van der Waals surface area contributed by atoms with E-state index in [1.807, 2.05) is 0 Å². The number of carbonyl (C=O) groups excluding carboxylic acids is 2. The minimum absolute atomic E-state index is 0.211. The largest absolute Gasteiger partial charge is 0.433 e. The van der Waals surface area contributed by atoms with Crippen LogP contribution in [0.25, 0.3) is 0 Å². The van der Waals surface area contributed by atoms with E-state index in [0.717, 1.165) is 0 Å². The predicted molar refractivity (Wildman–Crippen MR) is 66.6 cm³/mol. The standard InChI is InChI=1S/C11H10ClF3N4O2/c1-2-5-9(21)18-8(20)4-19(5)7-3-6(11(13,14)15)16-10(12)17-7/h3,5H,2,4H2,1H3,(H,18,20,21). The van der Waals surface area contributed by atoms with Gasteiger partial charge in [-0.25, -0.2) is 9.97 Å². The Kier molecular flexibility index (Phi) is 4.04. The molecule has 1 unspecified atom stereocenters. The van der Waals surface area contributed by atoms with Crippen molar-refractivity contribution in [2.45, 2.75) is 25.6 Å². The first kappa shape index (κ1) is 15.5. The predicted octanol–water partition coefficient (Wildman–Crippen LogP) is 1.39.